The lowest BCUT2D eigenvalue weighted by atomic mass is 9.73. The molecule has 4 N–H and O–H groups in total. The number of aryl methyl sites for hydroxylation is 1. The van der Waals surface area contributed by atoms with Crippen molar-refractivity contribution in [2.24, 2.45) is 15.0 Å². The van der Waals surface area contributed by atoms with Crippen molar-refractivity contribution in [1.29, 1.82) is 0 Å². The molecule has 1 unspecified atom stereocenters. The summed E-state index contributed by atoms with van der Waals surface area (Å²) in [6, 6.07) is 52.5. The van der Waals surface area contributed by atoms with Crippen molar-refractivity contribution < 1.29 is 34.1 Å². The lowest BCUT2D eigenvalue weighted by molar-refractivity contribution is -0.132. The van der Waals surface area contributed by atoms with Gasteiger partial charge in [0, 0.05) is 50.3 Å². The van der Waals surface area contributed by atoms with Gasteiger partial charge in [-0.1, -0.05) is 148 Å². The van der Waals surface area contributed by atoms with Gasteiger partial charge in [0.15, 0.2) is 5.70 Å². The number of aliphatic imine (C=N–C) groups is 1. The molecule has 3 aliphatic heterocycles. The van der Waals surface area contributed by atoms with Crippen LogP contribution >= 0.6 is 0 Å². The number of rotatable bonds is 10. The van der Waals surface area contributed by atoms with Crippen LogP contribution in [0.5, 0.6) is 0 Å². The summed E-state index contributed by atoms with van der Waals surface area (Å²) in [5.41, 5.74) is 12.1. The number of carboxylic acids is 3. The van der Waals surface area contributed by atoms with E-state index in [1.54, 1.807) is 18.3 Å². The quantitative estimate of drug-likeness (QED) is 0.0986. The van der Waals surface area contributed by atoms with Crippen LogP contribution < -0.4 is 21.1 Å². The van der Waals surface area contributed by atoms with Crippen molar-refractivity contribution in [1.82, 2.24) is 4.98 Å². The molecule has 3 aliphatic rings. The fourth-order valence-corrected chi connectivity index (χ4v) is 16.6. The van der Waals surface area contributed by atoms with E-state index in [0.29, 0.717) is 23.1 Å². The first-order valence-electron chi connectivity index (χ1n) is 25.2. The number of para-hydroxylation sites is 2. The van der Waals surface area contributed by atoms with Crippen molar-refractivity contribution in [3.05, 3.63) is 219 Å². The van der Waals surface area contributed by atoms with Gasteiger partial charge in [0.2, 0.25) is 0 Å². The first-order chi connectivity index (χ1) is 36.4. The number of aromatic nitrogens is 1. The van der Waals surface area contributed by atoms with Gasteiger partial charge in [0.05, 0.1) is 45.2 Å². The molecule has 0 saturated carbocycles. The largest absolute Gasteiger partial charge is 0.478 e. The van der Waals surface area contributed by atoms with Crippen LogP contribution in [0.3, 0.4) is 0 Å². The van der Waals surface area contributed by atoms with E-state index in [9.17, 15) is 29.7 Å². The van der Waals surface area contributed by atoms with Crippen molar-refractivity contribution in [2.45, 2.75) is 65.5 Å². The van der Waals surface area contributed by atoms with Gasteiger partial charge in [0.1, 0.15) is 0 Å². The van der Waals surface area contributed by atoms with Gasteiger partial charge in [-0.3, -0.25) is 4.99 Å². The Hall–Kier alpha value is -8.84. The third kappa shape index (κ3) is 7.74. The fraction of sp³-hybridized carbons (Fsp3) is 0.156. The van der Waals surface area contributed by atoms with Gasteiger partial charge in [-0.15, -0.1) is 0 Å². The summed E-state index contributed by atoms with van der Waals surface area (Å²) in [6.45, 7) is 15.0. The summed E-state index contributed by atoms with van der Waals surface area (Å²) in [5.74, 6) is -3.56. The molecule has 76 heavy (non-hydrogen) atoms. The molecule has 4 heterocycles. The molecule has 376 valence electrons. The predicted octanol–water partition coefficient (Wildman–Crippen LogP) is 12.2. The molecule has 0 spiro atoms. The molecule has 8 aromatic carbocycles. The van der Waals surface area contributed by atoms with Gasteiger partial charge in [0.25, 0.3) is 8.32 Å². The number of carbonyl (C=O) groups is 3. The summed E-state index contributed by atoms with van der Waals surface area (Å²) in [6.07, 6.45) is 1.72. The van der Waals surface area contributed by atoms with Crippen LogP contribution in [0.15, 0.2) is 178 Å². The molecule has 0 aliphatic carbocycles. The van der Waals surface area contributed by atoms with Crippen LogP contribution in [-0.4, -0.2) is 52.7 Å². The minimum absolute atomic E-state index is 0.0856. The Morgan fingerprint density at radius 3 is 1.96 bits per heavy atom. The number of hydrogen-bond acceptors (Lipinski definition) is 7. The number of allylic oxidation sites excluding steroid dienone is 1. The zero-order valence-corrected chi connectivity index (χ0v) is 44.1. The maximum atomic E-state index is 12.3. The number of aromatic amines is 1. The Morgan fingerprint density at radius 2 is 1.29 bits per heavy atom. The summed E-state index contributed by atoms with van der Waals surface area (Å²) >= 11 is 0. The first kappa shape index (κ1) is 49.4. The lowest BCUT2D eigenvalue weighted by Crippen LogP contribution is -2.66. The average molecular weight is 1020 g/mol. The summed E-state index contributed by atoms with van der Waals surface area (Å²) in [7, 11) is -2.75. The number of aliphatic carboxylic acids is 1. The number of hydrogen-bond donors (Lipinski definition) is 4. The van der Waals surface area contributed by atoms with E-state index in [1.807, 2.05) is 70.2 Å². The van der Waals surface area contributed by atoms with E-state index in [-0.39, 0.29) is 21.9 Å². The zero-order valence-electron chi connectivity index (χ0n) is 43.1. The lowest BCUT2D eigenvalue weighted by Gasteiger charge is -2.43. The molecule has 0 amide bonds. The molecule has 1 aromatic heterocycles. The molecular formula is C64H54N4O7Si. The highest BCUT2D eigenvalue weighted by molar-refractivity contribution is 6.99. The Bertz CT molecular complexity index is 4100. The van der Waals surface area contributed by atoms with Crippen molar-refractivity contribution in [3.8, 4) is 22.3 Å². The predicted molar refractivity (Wildman–Crippen MR) is 302 cm³/mol. The number of benzene rings is 8. The van der Waals surface area contributed by atoms with Crippen molar-refractivity contribution in [3.63, 3.8) is 0 Å². The second-order valence-corrected chi connectivity index (χ2v) is 25.2. The van der Waals surface area contributed by atoms with Crippen LogP contribution in [0.1, 0.15) is 88.7 Å². The minimum Gasteiger partial charge on any atom is -0.478 e. The second kappa shape index (κ2) is 18.5. The molecule has 11 nitrogen and oxygen atoms in total. The number of H-pyrrole nitrogens is 1. The van der Waals surface area contributed by atoms with E-state index in [1.165, 1.54) is 16.4 Å². The number of aromatic carboxylic acids is 2. The van der Waals surface area contributed by atoms with Gasteiger partial charge in [-0.2, -0.15) is 0 Å². The third-order valence-corrected chi connectivity index (χ3v) is 20.4. The average Bonchev–Trinajstić information content (AvgIpc) is 4.20. The Kier molecular flexibility index (Phi) is 12.0. The van der Waals surface area contributed by atoms with Gasteiger partial charge < -0.3 is 24.7 Å². The van der Waals surface area contributed by atoms with Gasteiger partial charge >= 0.3 is 17.9 Å². The first-order valence-corrected chi connectivity index (χ1v) is 27.1. The topological polar surface area (TPSA) is 174 Å². The Balaban J connectivity index is 0.000000177. The van der Waals surface area contributed by atoms with Gasteiger partial charge in [-0.05, 0) is 112 Å². The SMILES string of the molecule is CC1=C(C(=O)O)N=c2c1c(C)c1c(c2-c2cccc(CO[Si](c3ccccc3)(c3ccccc3)C(C)(C)C)c2)-c2ccccc2N=1.Cc1c2c(cc3c1[nH]c1ccccc13)N=CC2(C)c1cccc(C(=O)O)c1C(=O)O. The number of nitrogens with one attached hydrogen (secondary N) is 1. The number of nitrogens with zero attached hydrogens (tertiary/aromatic N) is 3. The van der Waals surface area contributed by atoms with Gasteiger partial charge in [-0.25, -0.2) is 24.4 Å². The Morgan fingerprint density at radius 1 is 0.632 bits per heavy atom. The highest BCUT2D eigenvalue weighted by Crippen LogP contribution is 2.48. The van der Waals surface area contributed by atoms with Crippen molar-refractivity contribution in [2.75, 3.05) is 0 Å². The van der Waals surface area contributed by atoms with E-state index >= 15 is 0 Å². The van der Waals surface area contributed by atoms with Crippen LogP contribution in [0.25, 0.3) is 49.6 Å². The van der Waals surface area contributed by atoms with Crippen LogP contribution in [0, 0.1) is 13.8 Å². The highest BCUT2D eigenvalue weighted by atomic mass is 28.4. The second-order valence-electron chi connectivity index (χ2n) is 20.9. The van der Waals surface area contributed by atoms with E-state index in [0.717, 1.165) is 88.6 Å². The van der Waals surface area contributed by atoms with E-state index in [2.05, 4.69) is 128 Å². The smallest absolute Gasteiger partial charge is 0.354 e. The van der Waals surface area contributed by atoms with E-state index in [4.69, 9.17) is 14.4 Å². The molecule has 0 bridgehead atoms. The molecule has 9 aromatic rings. The van der Waals surface area contributed by atoms with Crippen molar-refractivity contribution >= 4 is 81.6 Å². The highest BCUT2D eigenvalue weighted by Gasteiger charge is 2.50. The molecule has 0 radical (unpaired) electrons. The van der Waals surface area contributed by atoms with Crippen LogP contribution in [0.2, 0.25) is 5.04 Å². The normalized spacial score (nSPS) is 15.1. The molecule has 0 saturated heterocycles. The van der Waals surface area contributed by atoms with Crippen LogP contribution in [0.4, 0.5) is 11.4 Å². The maximum absolute atomic E-state index is 12.3. The molecule has 12 rings (SSSR count). The summed E-state index contributed by atoms with van der Waals surface area (Å²) in [4.78, 5) is 53.9. The summed E-state index contributed by atoms with van der Waals surface area (Å²) < 4.78 is 7.28. The third-order valence-electron chi connectivity index (χ3n) is 15.4. The fourth-order valence-electron chi connectivity index (χ4n) is 12.0. The van der Waals surface area contributed by atoms with E-state index < -0.39 is 31.6 Å². The molecule has 1 atom stereocenters. The standard InChI is InChI=1S/C40H36N2O3Si.C24H18N2O4/c1-25-33-26(2)37(39(43)44)42-38(33)34(35-31-21-12-13-22-32(31)41-36(25)35)28-16-14-15-27(23-28)24-45-46(40(3,4)5,29-17-8-6-9-18-29)30-19-10-7-11-20-30;1-12-20-18(10-15-13-6-3-4-9-17(13)26-21(12)15)25-11-24(20,2)16-8-5-7-14(22(27)28)19(16)23(29)30/h6-23H,24H2,1-5H3,(H,43,44);3-11,26H,1-2H3,(H,27,28)(H,29,30). The maximum Gasteiger partial charge on any atom is 0.354 e. The Labute approximate surface area is 440 Å². The summed E-state index contributed by atoms with van der Waals surface area (Å²) in [5, 5.41) is 35.5. The monoisotopic (exact) mass is 1020 g/mol. The number of carboxylic acid groups (broad SMARTS) is 3. The molecule has 12 heteroatoms. The molecular weight excluding hydrogens is 965 g/mol. The molecule has 0 fully saturated rings. The number of fused-ring (bicyclic) bond motifs is 8. The minimum atomic E-state index is -2.75. The zero-order chi connectivity index (χ0) is 53.4. The van der Waals surface area contributed by atoms with Crippen LogP contribution in [-0.2, 0) is 21.2 Å².